The molecule has 0 radical (unpaired) electrons. The van der Waals surface area contributed by atoms with Gasteiger partial charge < -0.3 is 4.98 Å². The predicted octanol–water partition coefficient (Wildman–Crippen LogP) is 4.08. The van der Waals surface area contributed by atoms with Gasteiger partial charge in [-0.05, 0) is 18.1 Å². The zero-order valence-electron chi connectivity index (χ0n) is 7.63. The lowest BCUT2D eigenvalue weighted by Crippen LogP contribution is -1.89. The van der Waals surface area contributed by atoms with Crippen molar-refractivity contribution in [2.75, 3.05) is 5.88 Å². The maximum absolute atomic E-state index is 6.22. The smallest absolute Gasteiger partial charge is 0.0617 e. The summed E-state index contributed by atoms with van der Waals surface area (Å²) < 4.78 is 0. The van der Waals surface area contributed by atoms with Crippen molar-refractivity contribution in [2.45, 2.75) is 11.8 Å². The molecule has 2 aromatic rings. The Hall–Kier alpha value is -0.660. The van der Waals surface area contributed by atoms with Gasteiger partial charge in [-0.2, -0.15) is 0 Å². The van der Waals surface area contributed by atoms with Crippen molar-refractivity contribution in [2.24, 2.45) is 0 Å². The van der Waals surface area contributed by atoms with Gasteiger partial charge in [0.2, 0.25) is 0 Å². The number of H-pyrrole nitrogens is 1. The normalized spacial score (nSPS) is 13.3. The highest BCUT2D eigenvalue weighted by Crippen LogP contribution is 2.30. The Morgan fingerprint density at radius 1 is 1.29 bits per heavy atom. The van der Waals surface area contributed by atoms with Gasteiger partial charge in [0, 0.05) is 23.0 Å². The largest absolute Gasteiger partial charge is 0.361 e. The number of aromatic nitrogens is 1. The van der Waals surface area contributed by atoms with Gasteiger partial charge in [0.1, 0.15) is 0 Å². The van der Waals surface area contributed by atoms with Crippen molar-refractivity contribution in [3.8, 4) is 0 Å². The maximum Gasteiger partial charge on any atom is 0.0617 e. The molecule has 74 valence electrons. The second-order valence-electron chi connectivity index (χ2n) is 3.23. The van der Waals surface area contributed by atoms with Gasteiger partial charge in [-0.15, -0.1) is 23.2 Å². The summed E-state index contributed by atoms with van der Waals surface area (Å²) in [6.07, 6.45) is 2.76. The Bertz CT molecular complexity index is 422. The standard InChI is InChI=1S/C11H11Cl2N/c12-6-5-10(13)9-7-14-11-4-2-1-3-8(9)11/h1-4,7,10,14H,5-6H2. The average molecular weight is 228 g/mol. The summed E-state index contributed by atoms with van der Waals surface area (Å²) in [5.74, 6) is 0.591. The highest BCUT2D eigenvalue weighted by atomic mass is 35.5. The van der Waals surface area contributed by atoms with Crippen LogP contribution >= 0.6 is 23.2 Å². The number of hydrogen-bond acceptors (Lipinski definition) is 0. The summed E-state index contributed by atoms with van der Waals surface area (Å²) in [5.41, 5.74) is 2.27. The number of halogens is 2. The van der Waals surface area contributed by atoms with Crippen LogP contribution in [0.3, 0.4) is 0 Å². The van der Waals surface area contributed by atoms with Gasteiger partial charge in [-0.3, -0.25) is 0 Å². The first-order chi connectivity index (χ1) is 6.83. The van der Waals surface area contributed by atoms with E-state index in [0.29, 0.717) is 5.88 Å². The zero-order chi connectivity index (χ0) is 9.97. The van der Waals surface area contributed by atoms with Crippen molar-refractivity contribution >= 4 is 34.1 Å². The quantitative estimate of drug-likeness (QED) is 0.762. The Morgan fingerprint density at radius 3 is 2.86 bits per heavy atom. The molecule has 1 heterocycles. The van der Waals surface area contributed by atoms with Crippen molar-refractivity contribution < 1.29 is 0 Å². The SMILES string of the molecule is ClCCC(Cl)c1c[nH]c2ccccc12. The minimum absolute atomic E-state index is 0.00338. The van der Waals surface area contributed by atoms with Crippen LogP contribution in [0.25, 0.3) is 10.9 Å². The van der Waals surface area contributed by atoms with Crippen LogP contribution in [0.2, 0.25) is 0 Å². The summed E-state index contributed by atoms with van der Waals surface area (Å²) >= 11 is 11.9. The van der Waals surface area contributed by atoms with E-state index in [9.17, 15) is 0 Å². The van der Waals surface area contributed by atoms with E-state index in [4.69, 9.17) is 23.2 Å². The summed E-state index contributed by atoms with van der Waals surface area (Å²) in [7, 11) is 0. The molecule has 0 fully saturated rings. The number of para-hydroxylation sites is 1. The van der Waals surface area contributed by atoms with E-state index in [0.717, 1.165) is 17.5 Å². The van der Waals surface area contributed by atoms with Gasteiger partial charge >= 0.3 is 0 Å². The molecule has 2 rings (SSSR count). The lowest BCUT2D eigenvalue weighted by molar-refractivity contribution is 0.897. The highest BCUT2D eigenvalue weighted by Gasteiger charge is 2.11. The third-order valence-corrected chi connectivity index (χ3v) is 2.99. The molecule has 14 heavy (non-hydrogen) atoms. The third-order valence-electron chi connectivity index (χ3n) is 2.32. The minimum atomic E-state index is 0.00338. The highest BCUT2D eigenvalue weighted by molar-refractivity contribution is 6.23. The maximum atomic E-state index is 6.22. The first-order valence-electron chi connectivity index (χ1n) is 4.59. The molecule has 0 bridgehead atoms. The molecule has 0 spiro atoms. The van der Waals surface area contributed by atoms with Crippen LogP contribution in [0.1, 0.15) is 17.4 Å². The topological polar surface area (TPSA) is 15.8 Å². The molecular formula is C11H11Cl2N. The van der Waals surface area contributed by atoms with E-state index in [1.807, 2.05) is 24.4 Å². The Kier molecular flexibility index (Phi) is 2.99. The third kappa shape index (κ3) is 1.75. The number of aromatic amines is 1. The van der Waals surface area contributed by atoms with E-state index in [1.54, 1.807) is 0 Å². The monoisotopic (exact) mass is 227 g/mol. The van der Waals surface area contributed by atoms with Gasteiger partial charge in [0.25, 0.3) is 0 Å². The molecule has 1 aromatic carbocycles. The number of hydrogen-bond donors (Lipinski definition) is 1. The van der Waals surface area contributed by atoms with Crippen LogP contribution in [-0.4, -0.2) is 10.9 Å². The fourth-order valence-electron chi connectivity index (χ4n) is 1.60. The average Bonchev–Trinajstić information content (AvgIpc) is 2.61. The molecule has 1 unspecified atom stereocenters. The van der Waals surface area contributed by atoms with E-state index in [2.05, 4.69) is 11.1 Å². The first-order valence-corrected chi connectivity index (χ1v) is 5.56. The number of benzene rings is 1. The number of rotatable bonds is 3. The summed E-state index contributed by atoms with van der Waals surface area (Å²) in [5, 5.41) is 1.20. The van der Waals surface area contributed by atoms with Gasteiger partial charge in [-0.25, -0.2) is 0 Å². The van der Waals surface area contributed by atoms with Gasteiger partial charge in [0.05, 0.1) is 5.38 Å². The van der Waals surface area contributed by atoms with Gasteiger partial charge in [-0.1, -0.05) is 18.2 Å². The van der Waals surface area contributed by atoms with Crippen LogP contribution in [0, 0.1) is 0 Å². The molecule has 0 saturated carbocycles. The van der Waals surface area contributed by atoms with Gasteiger partial charge in [0.15, 0.2) is 0 Å². The molecule has 0 aliphatic rings. The number of fused-ring (bicyclic) bond motifs is 1. The van der Waals surface area contributed by atoms with Crippen LogP contribution in [0.4, 0.5) is 0 Å². The van der Waals surface area contributed by atoms with Crippen LogP contribution in [0.5, 0.6) is 0 Å². The molecular weight excluding hydrogens is 217 g/mol. The Balaban J connectivity index is 2.42. The van der Waals surface area contributed by atoms with Crippen molar-refractivity contribution in [3.63, 3.8) is 0 Å². The van der Waals surface area contributed by atoms with Crippen LogP contribution in [-0.2, 0) is 0 Å². The molecule has 0 saturated heterocycles. The lowest BCUT2D eigenvalue weighted by Gasteiger charge is -2.05. The predicted molar refractivity (Wildman–Crippen MR) is 62.2 cm³/mol. The van der Waals surface area contributed by atoms with Crippen molar-refractivity contribution in [1.82, 2.24) is 4.98 Å². The summed E-state index contributed by atoms with van der Waals surface area (Å²) in [4.78, 5) is 3.20. The summed E-state index contributed by atoms with van der Waals surface area (Å²) in [6.45, 7) is 0. The first kappa shape index (κ1) is 9.88. The van der Waals surface area contributed by atoms with Crippen molar-refractivity contribution in [1.29, 1.82) is 0 Å². The lowest BCUT2D eigenvalue weighted by atomic mass is 10.1. The molecule has 1 nitrogen and oxygen atoms in total. The molecule has 0 aliphatic heterocycles. The van der Waals surface area contributed by atoms with E-state index in [-0.39, 0.29) is 5.38 Å². The second-order valence-corrected chi connectivity index (χ2v) is 4.14. The van der Waals surface area contributed by atoms with E-state index >= 15 is 0 Å². The Morgan fingerprint density at radius 2 is 2.07 bits per heavy atom. The molecule has 1 aromatic heterocycles. The van der Waals surface area contributed by atoms with E-state index < -0.39 is 0 Å². The zero-order valence-corrected chi connectivity index (χ0v) is 9.15. The van der Waals surface area contributed by atoms with Crippen molar-refractivity contribution in [3.05, 3.63) is 36.0 Å². The fraction of sp³-hybridized carbons (Fsp3) is 0.273. The minimum Gasteiger partial charge on any atom is -0.361 e. The van der Waals surface area contributed by atoms with Crippen LogP contribution < -0.4 is 0 Å². The number of alkyl halides is 2. The Labute approximate surface area is 93.0 Å². The molecule has 0 aliphatic carbocycles. The molecule has 3 heteroatoms. The molecule has 1 atom stereocenters. The van der Waals surface area contributed by atoms with Crippen LogP contribution in [0.15, 0.2) is 30.5 Å². The van der Waals surface area contributed by atoms with E-state index in [1.165, 1.54) is 5.39 Å². The number of nitrogens with one attached hydrogen (secondary N) is 1. The molecule has 0 amide bonds. The second kappa shape index (κ2) is 4.24. The molecule has 1 N–H and O–H groups in total. The summed E-state index contributed by atoms with van der Waals surface area (Å²) in [6, 6.07) is 8.14. The fourth-order valence-corrected chi connectivity index (χ4v) is 2.22.